The van der Waals surface area contributed by atoms with E-state index in [2.05, 4.69) is 4.90 Å². The molecule has 1 aliphatic heterocycles. The Morgan fingerprint density at radius 2 is 1.62 bits per heavy atom. The molecule has 1 fully saturated rings. The summed E-state index contributed by atoms with van der Waals surface area (Å²) in [6.45, 7) is 3.68. The summed E-state index contributed by atoms with van der Waals surface area (Å²) in [6, 6.07) is 19.0. The summed E-state index contributed by atoms with van der Waals surface area (Å²) in [7, 11) is -2.18. The molecule has 2 aromatic carbocycles. The van der Waals surface area contributed by atoms with E-state index < -0.39 is 10.0 Å². The third-order valence-electron chi connectivity index (χ3n) is 5.55. The van der Waals surface area contributed by atoms with Gasteiger partial charge in [0.2, 0.25) is 0 Å². The topological polar surface area (TPSA) is 60.9 Å². The molecule has 6 nitrogen and oxygen atoms in total. The molecule has 0 bridgehead atoms. The lowest BCUT2D eigenvalue weighted by Crippen LogP contribution is -2.48. The number of anilines is 1. The number of rotatable bonds is 6. The molecule has 0 atom stereocenters. The number of hydrogen-bond donors (Lipinski definition) is 0. The molecule has 32 heavy (non-hydrogen) atoms. The number of hydrogen-bond acceptors (Lipinski definition) is 5. The predicted molar refractivity (Wildman–Crippen MR) is 129 cm³/mol. The Bertz CT molecular complexity index is 1170. The normalized spacial score (nSPS) is 15.0. The summed E-state index contributed by atoms with van der Waals surface area (Å²) < 4.78 is 27.9. The molecule has 0 saturated carbocycles. The summed E-state index contributed by atoms with van der Waals surface area (Å²) in [5, 5.41) is 0. The number of piperazine rings is 1. The SMILES string of the molecule is CN(c1ccccc1)S(=O)(=O)c1ccc(C(=O)N2CCN(Cc3ccc(Cl)s3)CC2)cc1. The van der Waals surface area contributed by atoms with Crippen LogP contribution in [0.3, 0.4) is 0 Å². The Hall–Kier alpha value is -2.39. The average molecular weight is 490 g/mol. The molecule has 0 radical (unpaired) electrons. The molecule has 1 saturated heterocycles. The summed E-state index contributed by atoms with van der Waals surface area (Å²) in [5.74, 6) is -0.0795. The maximum absolute atomic E-state index is 12.9. The lowest BCUT2D eigenvalue weighted by molar-refractivity contribution is 0.0629. The minimum atomic E-state index is -3.70. The van der Waals surface area contributed by atoms with Crippen molar-refractivity contribution >= 4 is 44.6 Å². The van der Waals surface area contributed by atoms with Gasteiger partial charge in [-0.15, -0.1) is 11.3 Å². The molecule has 4 rings (SSSR count). The number of nitrogens with zero attached hydrogens (tertiary/aromatic N) is 3. The standard InChI is InChI=1S/C23H24ClN3O3S2/c1-25(19-5-3-2-4-6-19)32(29,30)21-10-7-18(8-11-21)23(28)27-15-13-26(14-16-27)17-20-9-12-22(24)31-20/h2-12H,13-17H2,1H3. The zero-order chi connectivity index (χ0) is 22.7. The van der Waals surface area contributed by atoms with Gasteiger partial charge in [0.25, 0.3) is 15.9 Å². The summed E-state index contributed by atoms with van der Waals surface area (Å²) in [4.78, 5) is 18.4. The lowest BCUT2D eigenvalue weighted by atomic mass is 10.2. The van der Waals surface area contributed by atoms with Gasteiger partial charge in [-0.1, -0.05) is 29.8 Å². The van der Waals surface area contributed by atoms with Crippen LogP contribution in [0.2, 0.25) is 4.34 Å². The average Bonchev–Trinajstić information content (AvgIpc) is 3.23. The van der Waals surface area contributed by atoms with Gasteiger partial charge in [-0.05, 0) is 48.5 Å². The van der Waals surface area contributed by atoms with E-state index in [1.807, 2.05) is 23.1 Å². The van der Waals surface area contributed by atoms with E-state index in [0.29, 0.717) is 24.3 Å². The van der Waals surface area contributed by atoms with E-state index in [0.717, 1.165) is 24.0 Å². The van der Waals surface area contributed by atoms with Gasteiger partial charge in [0, 0.05) is 50.2 Å². The van der Waals surface area contributed by atoms with E-state index in [-0.39, 0.29) is 10.8 Å². The van der Waals surface area contributed by atoms with Crippen LogP contribution in [-0.2, 0) is 16.6 Å². The number of benzene rings is 2. The minimum Gasteiger partial charge on any atom is -0.336 e. The molecule has 1 amide bonds. The van der Waals surface area contributed by atoms with Crippen LogP contribution >= 0.6 is 22.9 Å². The molecule has 0 N–H and O–H groups in total. The number of amides is 1. The van der Waals surface area contributed by atoms with Crippen molar-refractivity contribution in [2.45, 2.75) is 11.4 Å². The van der Waals surface area contributed by atoms with E-state index in [1.165, 1.54) is 28.4 Å². The monoisotopic (exact) mass is 489 g/mol. The van der Waals surface area contributed by atoms with Crippen molar-refractivity contribution in [2.24, 2.45) is 0 Å². The first kappa shape index (κ1) is 22.8. The second-order valence-electron chi connectivity index (χ2n) is 7.61. The molecular weight excluding hydrogens is 466 g/mol. The van der Waals surface area contributed by atoms with Gasteiger partial charge in [0.1, 0.15) is 0 Å². The Morgan fingerprint density at radius 3 is 2.22 bits per heavy atom. The minimum absolute atomic E-state index is 0.0795. The van der Waals surface area contributed by atoms with Crippen molar-refractivity contribution in [1.82, 2.24) is 9.80 Å². The van der Waals surface area contributed by atoms with Crippen LogP contribution in [0, 0.1) is 0 Å². The van der Waals surface area contributed by atoms with Gasteiger partial charge in [0.15, 0.2) is 0 Å². The van der Waals surface area contributed by atoms with Gasteiger partial charge in [-0.25, -0.2) is 8.42 Å². The molecule has 1 aromatic heterocycles. The largest absolute Gasteiger partial charge is 0.336 e. The highest BCUT2D eigenvalue weighted by Crippen LogP contribution is 2.24. The highest BCUT2D eigenvalue weighted by Gasteiger charge is 2.24. The second kappa shape index (κ2) is 9.62. The lowest BCUT2D eigenvalue weighted by Gasteiger charge is -2.34. The molecule has 1 aliphatic rings. The van der Waals surface area contributed by atoms with Crippen molar-refractivity contribution in [3.63, 3.8) is 0 Å². The fourth-order valence-electron chi connectivity index (χ4n) is 3.65. The predicted octanol–water partition coefficient (Wildman–Crippen LogP) is 4.18. The summed E-state index contributed by atoms with van der Waals surface area (Å²) in [5.41, 5.74) is 1.07. The van der Waals surface area contributed by atoms with Crippen LogP contribution < -0.4 is 4.31 Å². The van der Waals surface area contributed by atoms with Crippen molar-refractivity contribution in [3.8, 4) is 0 Å². The zero-order valence-corrected chi connectivity index (χ0v) is 20.0. The number of sulfonamides is 1. The van der Waals surface area contributed by atoms with Gasteiger partial charge in [-0.2, -0.15) is 0 Å². The molecule has 0 spiro atoms. The first-order valence-corrected chi connectivity index (χ1v) is 12.9. The summed E-state index contributed by atoms with van der Waals surface area (Å²) >= 11 is 7.58. The number of thiophene rings is 1. The summed E-state index contributed by atoms with van der Waals surface area (Å²) in [6.07, 6.45) is 0. The van der Waals surface area contributed by atoms with Gasteiger partial charge < -0.3 is 4.90 Å². The van der Waals surface area contributed by atoms with Crippen molar-refractivity contribution < 1.29 is 13.2 Å². The van der Waals surface area contributed by atoms with Crippen molar-refractivity contribution in [1.29, 1.82) is 0 Å². The van der Waals surface area contributed by atoms with E-state index in [9.17, 15) is 13.2 Å². The highest BCUT2D eigenvalue weighted by atomic mass is 35.5. The van der Waals surface area contributed by atoms with Crippen LogP contribution in [0.15, 0.2) is 71.6 Å². The van der Waals surface area contributed by atoms with Crippen LogP contribution in [0.25, 0.3) is 0 Å². The fourth-order valence-corrected chi connectivity index (χ4v) is 5.98. The maximum atomic E-state index is 12.9. The maximum Gasteiger partial charge on any atom is 0.264 e. The van der Waals surface area contributed by atoms with E-state index in [1.54, 1.807) is 47.7 Å². The van der Waals surface area contributed by atoms with Crippen LogP contribution in [0.1, 0.15) is 15.2 Å². The van der Waals surface area contributed by atoms with Gasteiger partial charge in [0.05, 0.1) is 14.9 Å². The Balaban J connectivity index is 1.38. The molecule has 9 heteroatoms. The van der Waals surface area contributed by atoms with Crippen molar-refractivity contribution in [2.75, 3.05) is 37.5 Å². The van der Waals surface area contributed by atoms with E-state index >= 15 is 0 Å². The Kier molecular flexibility index (Phi) is 6.85. The third-order valence-corrected chi connectivity index (χ3v) is 8.56. The molecule has 3 aromatic rings. The van der Waals surface area contributed by atoms with Gasteiger partial charge >= 0.3 is 0 Å². The number of halogens is 1. The number of carbonyl (C=O) groups is 1. The quantitative estimate of drug-likeness (QED) is 0.521. The first-order chi connectivity index (χ1) is 15.3. The molecule has 0 aliphatic carbocycles. The number of para-hydroxylation sites is 1. The fraction of sp³-hybridized carbons (Fsp3) is 0.261. The first-order valence-electron chi connectivity index (χ1n) is 10.2. The molecular formula is C23H24ClN3O3S2. The second-order valence-corrected chi connectivity index (χ2v) is 11.4. The van der Waals surface area contributed by atoms with Crippen LogP contribution in [-0.4, -0.2) is 57.4 Å². The Morgan fingerprint density at radius 1 is 0.969 bits per heavy atom. The number of carbonyl (C=O) groups excluding carboxylic acids is 1. The highest BCUT2D eigenvalue weighted by molar-refractivity contribution is 7.92. The van der Waals surface area contributed by atoms with Gasteiger partial charge in [-0.3, -0.25) is 14.0 Å². The van der Waals surface area contributed by atoms with Crippen molar-refractivity contribution in [3.05, 3.63) is 81.5 Å². The van der Waals surface area contributed by atoms with Crippen LogP contribution in [0.4, 0.5) is 5.69 Å². The third kappa shape index (κ3) is 4.99. The van der Waals surface area contributed by atoms with E-state index in [4.69, 9.17) is 11.6 Å². The molecule has 2 heterocycles. The molecule has 168 valence electrons. The zero-order valence-electron chi connectivity index (χ0n) is 17.6. The smallest absolute Gasteiger partial charge is 0.264 e. The Labute approximate surface area is 197 Å². The van der Waals surface area contributed by atoms with Crippen LogP contribution in [0.5, 0.6) is 0 Å². The molecule has 0 unspecified atom stereocenters.